The average molecular weight is 944 g/mol. The lowest BCUT2D eigenvalue weighted by atomic mass is 9.77. The molecule has 2 atom stereocenters. The number of pyridine rings is 1. The van der Waals surface area contributed by atoms with Gasteiger partial charge in [-0.15, -0.1) is 0 Å². The molecule has 17 nitrogen and oxygen atoms in total. The molecule has 4 N–H and O–H groups in total. The Morgan fingerprint density at radius 3 is 2.45 bits per heavy atom. The van der Waals surface area contributed by atoms with Gasteiger partial charge in [0.2, 0.25) is 30.0 Å². The van der Waals surface area contributed by atoms with Crippen molar-refractivity contribution in [2.75, 3.05) is 36.9 Å². The zero-order valence-corrected chi connectivity index (χ0v) is 38.5. The molecule has 4 heterocycles. The van der Waals surface area contributed by atoms with Crippen LogP contribution in [-0.4, -0.2) is 117 Å². The highest BCUT2D eigenvalue weighted by molar-refractivity contribution is 6.25. The van der Waals surface area contributed by atoms with Crippen LogP contribution in [0.2, 0.25) is 0 Å². The lowest BCUT2D eigenvalue weighted by Gasteiger charge is -2.41. The molecule has 69 heavy (non-hydrogen) atoms. The Kier molecular flexibility index (Phi) is 13.4. The van der Waals surface area contributed by atoms with Crippen molar-refractivity contribution < 1.29 is 47.4 Å². The number of aliphatic imine (C=N–C) groups is 1. The fraction of sp³-hybridized carbons (Fsp3) is 0.340. The molecule has 358 valence electrons. The number of benzene rings is 3. The number of piperidine rings is 1. The van der Waals surface area contributed by atoms with Gasteiger partial charge in [-0.25, -0.2) is 13.8 Å². The largest absolute Gasteiger partial charge is 0.507 e. The van der Waals surface area contributed by atoms with Gasteiger partial charge in [0.1, 0.15) is 29.1 Å². The van der Waals surface area contributed by atoms with Crippen LogP contribution in [0.1, 0.15) is 82.0 Å². The minimum Gasteiger partial charge on any atom is -0.507 e. The molecule has 2 unspecified atom stereocenters. The molecule has 4 aromatic rings. The van der Waals surface area contributed by atoms with Gasteiger partial charge in [-0.3, -0.25) is 53.7 Å². The van der Waals surface area contributed by atoms with Crippen molar-refractivity contribution in [3.05, 3.63) is 112 Å². The normalized spacial score (nSPS) is 20.3. The van der Waals surface area contributed by atoms with Crippen molar-refractivity contribution in [2.24, 2.45) is 10.9 Å². The van der Waals surface area contributed by atoms with Gasteiger partial charge in [0.15, 0.2) is 11.6 Å². The van der Waals surface area contributed by atoms with Crippen molar-refractivity contribution in [3.63, 3.8) is 0 Å². The van der Waals surface area contributed by atoms with Gasteiger partial charge in [-0.05, 0) is 99.0 Å². The summed E-state index contributed by atoms with van der Waals surface area (Å²) >= 11 is 0. The van der Waals surface area contributed by atoms with Crippen LogP contribution in [0.3, 0.4) is 0 Å². The van der Waals surface area contributed by atoms with E-state index in [1.165, 1.54) is 36.2 Å². The number of hydrogen-bond acceptors (Lipinski definition) is 11. The van der Waals surface area contributed by atoms with Crippen molar-refractivity contribution in [1.29, 1.82) is 0 Å². The monoisotopic (exact) mass is 943 g/mol. The van der Waals surface area contributed by atoms with Gasteiger partial charge in [0.25, 0.3) is 11.8 Å². The number of aryl methyl sites for hydroxylation is 1. The average Bonchev–Trinajstić information content (AvgIpc) is 3.56. The third kappa shape index (κ3) is 9.03. The Morgan fingerprint density at radius 1 is 1.01 bits per heavy atom. The summed E-state index contributed by atoms with van der Waals surface area (Å²) in [6, 6.07) is 11.6. The number of nitrogens with zero attached hydrogens (tertiary/aromatic N) is 6. The molecule has 7 amide bonds. The first-order chi connectivity index (χ1) is 33.0. The maximum Gasteiger partial charge on any atom is 0.264 e. The number of phenols is 1. The molecule has 4 aliphatic rings. The minimum absolute atomic E-state index is 0.00504. The highest BCUT2D eigenvalue weighted by Crippen LogP contribution is 2.40. The number of carbonyl (C=O) groups is 7. The number of anilines is 3. The third-order valence-corrected chi connectivity index (χ3v) is 13.4. The molecule has 19 heteroatoms. The summed E-state index contributed by atoms with van der Waals surface area (Å²) in [5, 5.41) is 19.3. The molecule has 1 saturated carbocycles. The number of amidine groups is 1. The van der Waals surface area contributed by atoms with Gasteiger partial charge in [-0.2, -0.15) is 0 Å². The van der Waals surface area contributed by atoms with E-state index in [0.717, 1.165) is 17.0 Å². The number of phenolic OH excluding ortho intramolecular Hbond substituents is 1. The number of aromatic nitrogens is 1. The predicted octanol–water partition coefficient (Wildman–Crippen LogP) is 5.04. The second-order valence-corrected chi connectivity index (χ2v) is 17.7. The zero-order valence-electron chi connectivity index (χ0n) is 38.5. The van der Waals surface area contributed by atoms with Crippen LogP contribution >= 0.6 is 0 Å². The van der Waals surface area contributed by atoms with E-state index in [1.807, 2.05) is 17.9 Å². The van der Waals surface area contributed by atoms with Gasteiger partial charge < -0.3 is 25.5 Å². The lowest BCUT2D eigenvalue weighted by molar-refractivity contribution is -0.136. The molecule has 0 bridgehead atoms. The fourth-order valence-corrected chi connectivity index (χ4v) is 9.81. The summed E-state index contributed by atoms with van der Waals surface area (Å²) < 4.78 is 31.7. The summed E-state index contributed by atoms with van der Waals surface area (Å²) in [6.07, 6.45) is 3.20. The SMILES string of the molecule is C=CC(=O)N1CCN(C(=NC)c2cc(F)c(-c3c(O)cccc3F)nc2N(C=O)c2c(C)ccc(CNC(=O)CC3CC(Nc4cccc5c4C(=O)N(C4CCC(=O)NC4=O)C5=O)C3)c2C)C(C)C1. The van der Waals surface area contributed by atoms with E-state index in [1.54, 1.807) is 36.9 Å². The van der Waals surface area contributed by atoms with Gasteiger partial charge in [-0.1, -0.05) is 30.8 Å². The highest BCUT2D eigenvalue weighted by Gasteiger charge is 2.46. The minimum atomic E-state index is -1.09. The molecule has 0 spiro atoms. The number of nitrogens with one attached hydrogen (secondary N) is 3. The standard InChI is InChI=1S/C50H51F2N9O8/c1-6-41(66)58-17-18-59(27(3)24-58)46(53-5)33-22-35(52)44(43-34(51)10-8-12-38(43)63)57-47(33)60(25-62)45-26(2)13-14-30(28(45)4)23-54-40(65)21-29-19-31(20-29)55-36-11-7-9-32-42(36)50(69)61(49(32)68)37-15-16-39(64)56-48(37)67/h6-14,22,25,27,29,31,37,55,63H,1,15-21,23-24H2,2-5H3,(H,54,65)(H,56,64,67). The zero-order chi connectivity index (χ0) is 49.4. The number of aromatic hydroxyl groups is 1. The number of hydrogen-bond donors (Lipinski definition) is 4. The van der Waals surface area contributed by atoms with Crippen LogP contribution in [0.5, 0.6) is 5.75 Å². The smallest absolute Gasteiger partial charge is 0.264 e. The Bertz CT molecular complexity index is 2840. The number of piperazine rings is 1. The van der Waals surface area contributed by atoms with E-state index < -0.39 is 58.3 Å². The molecule has 1 aliphatic carbocycles. The summed E-state index contributed by atoms with van der Waals surface area (Å²) in [6.45, 7) is 9.98. The molecular weight excluding hydrogens is 893 g/mol. The van der Waals surface area contributed by atoms with Crippen molar-refractivity contribution >= 4 is 64.9 Å². The van der Waals surface area contributed by atoms with E-state index in [0.29, 0.717) is 67.0 Å². The summed E-state index contributed by atoms with van der Waals surface area (Å²) in [4.78, 5) is 105. The highest BCUT2D eigenvalue weighted by atomic mass is 19.1. The van der Waals surface area contributed by atoms with E-state index in [9.17, 15) is 38.7 Å². The molecule has 1 aromatic heterocycles. The van der Waals surface area contributed by atoms with Gasteiger partial charge >= 0.3 is 0 Å². The Morgan fingerprint density at radius 2 is 1.77 bits per heavy atom. The first kappa shape index (κ1) is 47.7. The number of imide groups is 2. The van der Waals surface area contributed by atoms with Crippen molar-refractivity contribution in [1.82, 2.24) is 30.3 Å². The molecule has 3 aliphatic heterocycles. The number of halogens is 2. The van der Waals surface area contributed by atoms with Crippen LogP contribution in [0, 0.1) is 31.4 Å². The van der Waals surface area contributed by atoms with E-state index in [-0.39, 0.29) is 84.0 Å². The Labute approximate surface area is 396 Å². The second kappa shape index (κ2) is 19.4. The maximum atomic E-state index is 16.4. The summed E-state index contributed by atoms with van der Waals surface area (Å²) in [5.41, 5.74) is 2.05. The topological polar surface area (TPSA) is 214 Å². The van der Waals surface area contributed by atoms with Crippen LogP contribution in [0.4, 0.5) is 26.0 Å². The van der Waals surface area contributed by atoms with E-state index in [2.05, 4.69) is 32.5 Å². The number of rotatable bonds is 13. The Balaban J connectivity index is 0.986. The van der Waals surface area contributed by atoms with Crippen molar-refractivity contribution in [2.45, 2.75) is 77.5 Å². The second-order valence-electron chi connectivity index (χ2n) is 17.7. The molecular formula is C50H51F2N9O8. The van der Waals surface area contributed by atoms with Crippen LogP contribution in [0.15, 0.2) is 72.2 Å². The third-order valence-electron chi connectivity index (χ3n) is 13.4. The Hall–Kier alpha value is -7.83. The first-order valence-corrected chi connectivity index (χ1v) is 22.6. The van der Waals surface area contributed by atoms with Crippen LogP contribution < -0.4 is 20.9 Å². The summed E-state index contributed by atoms with van der Waals surface area (Å²) in [7, 11) is 1.51. The summed E-state index contributed by atoms with van der Waals surface area (Å²) in [5.74, 6) is -5.16. The van der Waals surface area contributed by atoms with E-state index in [4.69, 9.17) is 0 Å². The fourth-order valence-electron chi connectivity index (χ4n) is 9.81. The first-order valence-electron chi connectivity index (χ1n) is 22.6. The number of fused-ring (bicyclic) bond motifs is 1. The van der Waals surface area contributed by atoms with Crippen LogP contribution in [-0.2, 0) is 30.5 Å². The number of carbonyl (C=O) groups excluding carboxylic acids is 7. The van der Waals surface area contributed by atoms with Crippen LogP contribution in [0.25, 0.3) is 11.3 Å². The molecule has 2 saturated heterocycles. The molecule has 3 fully saturated rings. The quantitative estimate of drug-likeness (QED) is 0.0459. The lowest BCUT2D eigenvalue weighted by Crippen LogP contribution is -2.55. The van der Waals surface area contributed by atoms with Crippen molar-refractivity contribution in [3.8, 4) is 17.0 Å². The van der Waals surface area contributed by atoms with Gasteiger partial charge in [0, 0.05) is 63.8 Å². The van der Waals surface area contributed by atoms with E-state index >= 15 is 8.78 Å². The molecule has 8 rings (SSSR count). The molecule has 3 aromatic carbocycles. The molecule has 0 radical (unpaired) electrons. The maximum absolute atomic E-state index is 16.4. The number of amides is 7. The predicted molar refractivity (Wildman–Crippen MR) is 250 cm³/mol. The van der Waals surface area contributed by atoms with Gasteiger partial charge in [0.05, 0.1) is 27.9 Å².